The molecule has 3 rings (SSSR count). The molecule has 3 aromatic carbocycles. The molecule has 0 saturated heterocycles. The summed E-state index contributed by atoms with van der Waals surface area (Å²) in [5, 5.41) is 5.25. The van der Waals surface area contributed by atoms with Crippen molar-refractivity contribution >= 4 is 40.1 Å². The number of halogens is 1. The highest BCUT2D eigenvalue weighted by molar-refractivity contribution is 6.30. The van der Waals surface area contributed by atoms with Crippen molar-refractivity contribution in [1.82, 2.24) is 16.2 Å². The Morgan fingerprint density at radius 1 is 0.871 bits per heavy atom. The second-order valence-corrected chi connectivity index (χ2v) is 7.99. The van der Waals surface area contributed by atoms with Crippen LogP contribution in [-0.2, 0) is 16.0 Å². The first kappa shape index (κ1) is 22.3. The minimum Gasteiger partial charge on any atom is -0.340 e. The van der Waals surface area contributed by atoms with Gasteiger partial charge in [0.1, 0.15) is 6.04 Å². The van der Waals surface area contributed by atoms with E-state index in [1.807, 2.05) is 56.3 Å². The van der Waals surface area contributed by atoms with E-state index in [2.05, 4.69) is 16.2 Å². The summed E-state index contributed by atoms with van der Waals surface area (Å²) >= 11 is 5.85. The van der Waals surface area contributed by atoms with E-state index in [1.165, 1.54) is 0 Å². The van der Waals surface area contributed by atoms with E-state index in [9.17, 15) is 14.4 Å². The first-order valence-corrected chi connectivity index (χ1v) is 10.3. The third kappa shape index (κ3) is 5.83. The van der Waals surface area contributed by atoms with Crippen molar-refractivity contribution in [3.8, 4) is 0 Å². The van der Waals surface area contributed by atoms with Gasteiger partial charge in [0.25, 0.3) is 11.8 Å². The highest BCUT2D eigenvalue weighted by atomic mass is 35.5. The summed E-state index contributed by atoms with van der Waals surface area (Å²) in [6.07, 6.45) is 0.116. The van der Waals surface area contributed by atoms with Crippen molar-refractivity contribution in [3.63, 3.8) is 0 Å². The Bertz CT molecular complexity index is 1090. The van der Waals surface area contributed by atoms with E-state index >= 15 is 0 Å². The molecule has 3 aromatic rings. The standard InChI is InChI=1S/C24H24ClN3O3/c1-15(2)22(26-23(30)17-10-12-19(25)13-11-17)24(31)28-27-21(29)14-18-8-5-7-16-6-3-4-9-20(16)18/h3-13,15,22H,14H2,1-2H3,(H,26,30)(H,27,29)(H,28,31). The van der Waals surface area contributed by atoms with Crippen LogP contribution in [0.1, 0.15) is 29.8 Å². The van der Waals surface area contributed by atoms with E-state index in [1.54, 1.807) is 24.3 Å². The second-order valence-electron chi connectivity index (χ2n) is 7.55. The van der Waals surface area contributed by atoms with Gasteiger partial charge in [-0.05, 0) is 46.5 Å². The molecule has 0 saturated carbocycles. The highest BCUT2D eigenvalue weighted by Gasteiger charge is 2.25. The molecule has 0 radical (unpaired) electrons. The van der Waals surface area contributed by atoms with Crippen LogP contribution >= 0.6 is 11.6 Å². The van der Waals surface area contributed by atoms with Crippen LogP contribution in [0.25, 0.3) is 10.8 Å². The smallest absolute Gasteiger partial charge is 0.261 e. The Morgan fingerprint density at radius 2 is 1.55 bits per heavy atom. The predicted molar refractivity (Wildman–Crippen MR) is 121 cm³/mol. The monoisotopic (exact) mass is 437 g/mol. The Hall–Kier alpha value is -3.38. The third-order valence-corrected chi connectivity index (χ3v) is 5.15. The molecule has 0 bridgehead atoms. The molecule has 7 heteroatoms. The van der Waals surface area contributed by atoms with Crippen LogP contribution in [0.4, 0.5) is 0 Å². The molecule has 0 aliphatic rings. The van der Waals surface area contributed by atoms with Gasteiger partial charge in [-0.1, -0.05) is 67.9 Å². The fourth-order valence-corrected chi connectivity index (χ4v) is 3.36. The first-order chi connectivity index (χ1) is 14.8. The van der Waals surface area contributed by atoms with Gasteiger partial charge in [-0.15, -0.1) is 0 Å². The van der Waals surface area contributed by atoms with Crippen LogP contribution < -0.4 is 16.2 Å². The summed E-state index contributed by atoms with van der Waals surface area (Å²) in [6, 6.07) is 19.1. The lowest BCUT2D eigenvalue weighted by atomic mass is 10.0. The molecule has 0 aromatic heterocycles. The van der Waals surface area contributed by atoms with E-state index in [-0.39, 0.29) is 18.2 Å². The van der Waals surface area contributed by atoms with Gasteiger partial charge in [-0.25, -0.2) is 0 Å². The maximum absolute atomic E-state index is 12.6. The van der Waals surface area contributed by atoms with Gasteiger partial charge in [0, 0.05) is 10.6 Å². The molecule has 31 heavy (non-hydrogen) atoms. The highest BCUT2D eigenvalue weighted by Crippen LogP contribution is 2.18. The number of fused-ring (bicyclic) bond motifs is 1. The zero-order chi connectivity index (χ0) is 22.4. The van der Waals surface area contributed by atoms with Crippen LogP contribution in [-0.4, -0.2) is 23.8 Å². The van der Waals surface area contributed by atoms with E-state index in [4.69, 9.17) is 11.6 Å². The van der Waals surface area contributed by atoms with E-state index < -0.39 is 17.9 Å². The molecule has 6 nitrogen and oxygen atoms in total. The Morgan fingerprint density at radius 3 is 2.26 bits per heavy atom. The summed E-state index contributed by atoms with van der Waals surface area (Å²) in [7, 11) is 0. The average molecular weight is 438 g/mol. The largest absolute Gasteiger partial charge is 0.340 e. The van der Waals surface area contributed by atoms with Crippen LogP contribution in [0.3, 0.4) is 0 Å². The average Bonchev–Trinajstić information content (AvgIpc) is 2.76. The Kier molecular flexibility index (Phi) is 7.26. The number of nitrogens with one attached hydrogen (secondary N) is 3. The summed E-state index contributed by atoms with van der Waals surface area (Å²) in [5.74, 6) is -1.43. The van der Waals surface area contributed by atoms with Crippen LogP contribution in [0.2, 0.25) is 5.02 Å². The van der Waals surface area contributed by atoms with Crippen LogP contribution in [0.5, 0.6) is 0 Å². The van der Waals surface area contributed by atoms with Crippen molar-refractivity contribution in [2.24, 2.45) is 5.92 Å². The number of carbonyl (C=O) groups excluding carboxylic acids is 3. The molecule has 0 spiro atoms. The Labute approximate surface area is 185 Å². The van der Waals surface area contributed by atoms with Crippen molar-refractivity contribution in [2.45, 2.75) is 26.3 Å². The molecular formula is C24H24ClN3O3. The van der Waals surface area contributed by atoms with Gasteiger partial charge in [0.2, 0.25) is 5.91 Å². The second kappa shape index (κ2) is 10.1. The molecule has 160 valence electrons. The van der Waals surface area contributed by atoms with Crippen molar-refractivity contribution in [2.75, 3.05) is 0 Å². The number of amides is 3. The van der Waals surface area contributed by atoms with E-state index in [0.29, 0.717) is 10.6 Å². The molecule has 0 aliphatic carbocycles. The molecular weight excluding hydrogens is 414 g/mol. The molecule has 1 unspecified atom stereocenters. The quantitative estimate of drug-likeness (QED) is 0.514. The summed E-state index contributed by atoms with van der Waals surface area (Å²) in [4.78, 5) is 37.5. The molecule has 3 N–H and O–H groups in total. The van der Waals surface area contributed by atoms with Gasteiger partial charge in [0.15, 0.2) is 0 Å². The molecule has 3 amide bonds. The topological polar surface area (TPSA) is 87.3 Å². The molecule has 0 fully saturated rings. The van der Waals surface area contributed by atoms with Gasteiger partial charge in [-0.3, -0.25) is 25.2 Å². The maximum Gasteiger partial charge on any atom is 0.261 e. The minimum atomic E-state index is -0.818. The lowest BCUT2D eigenvalue weighted by Gasteiger charge is -2.22. The molecule has 0 aliphatic heterocycles. The Balaban J connectivity index is 1.59. The predicted octanol–water partition coefficient (Wildman–Crippen LogP) is 3.64. The number of hydrogen-bond acceptors (Lipinski definition) is 3. The normalized spacial score (nSPS) is 11.7. The SMILES string of the molecule is CC(C)C(NC(=O)c1ccc(Cl)cc1)C(=O)NNC(=O)Cc1cccc2ccccc12. The molecule has 0 heterocycles. The zero-order valence-corrected chi connectivity index (χ0v) is 18.1. The fraction of sp³-hybridized carbons (Fsp3) is 0.208. The lowest BCUT2D eigenvalue weighted by molar-refractivity contribution is -0.130. The number of carbonyl (C=O) groups is 3. The maximum atomic E-state index is 12.6. The number of hydrogen-bond donors (Lipinski definition) is 3. The fourth-order valence-electron chi connectivity index (χ4n) is 3.23. The van der Waals surface area contributed by atoms with E-state index in [0.717, 1.165) is 16.3 Å². The van der Waals surface area contributed by atoms with Crippen LogP contribution in [0.15, 0.2) is 66.7 Å². The minimum absolute atomic E-state index is 0.116. The van der Waals surface area contributed by atoms with Crippen molar-refractivity contribution in [3.05, 3.63) is 82.9 Å². The van der Waals surface area contributed by atoms with Gasteiger partial charge in [-0.2, -0.15) is 0 Å². The molecule has 1 atom stereocenters. The summed E-state index contributed by atoms with van der Waals surface area (Å²) < 4.78 is 0. The summed E-state index contributed by atoms with van der Waals surface area (Å²) in [5.41, 5.74) is 6.12. The van der Waals surface area contributed by atoms with Crippen LogP contribution in [0, 0.1) is 5.92 Å². The third-order valence-electron chi connectivity index (χ3n) is 4.90. The first-order valence-electron chi connectivity index (χ1n) is 9.97. The number of benzene rings is 3. The number of hydrazine groups is 1. The zero-order valence-electron chi connectivity index (χ0n) is 17.3. The lowest BCUT2D eigenvalue weighted by Crippen LogP contribution is -2.54. The van der Waals surface area contributed by atoms with Crippen molar-refractivity contribution in [1.29, 1.82) is 0 Å². The summed E-state index contributed by atoms with van der Waals surface area (Å²) in [6.45, 7) is 3.62. The van der Waals surface area contributed by atoms with Crippen molar-refractivity contribution < 1.29 is 14.4 Å². The number of rotatable bonds is 6. The van der Waals surface area contributed by atoms with Gasteiger partial charge in [0.05, 0.1) is 6.42 Å². The van der Waals surface area contributed by atoms with Gasteiger partial charge >= 0.3 is 0 Å². The van der Waals surface area contributed by atoms with Gasteiger partial charge < -0.3 is 5.32 Å².